The lowest BCUT2D eigenvalue weighted by molar-refractivity contribution is -0.116. The van der Waals surface area contributed by atoms with Crippen molar-refractivity contribution in [3.8, 4) is 0 Å². The van der Waals surface area contributed by atoms with Gasteiger partial charge in [0, 0.05) is 11.4 Å². The zero-order valence-corrected chi connectivity index (χ0v) is 15.0. The summed E-state index contributed by atoms with van der Waals surface area (Å²) >= 11 is 7.27. The average molecular weight is 379 g/mol. The van der Waals surface area contributed by atoms with Crippen molar-refractivity contribution in [1.82, 2.24) is 0 Å². The highest BCUT2D eigenvalue weighted by molar-refractivity contribution is 8.00. The molecule has 0 aliphatic carbocycles. The third-order valence-corrected chi connectivity index (χ3v) is 5.18. The predicted molar refractivity (Wildman–Crippen MR) is 99.5 cm³/mol. The Bertz CT molecular complexity index is 798. The fraction of sp³-hybridized carbons (Fsp3) is 0.222. The molecule has 0 bridgehead atoms. The van der Waals surface area contributed by atoms with Gasteiger partial charge in [-0.25, -0.2) is 4.39 Å². The lowest BCUT2D eigenvalue weighted by atomic mass is 10.1. The molecule has 2 atom stereocenters. The third kappa shape index (κ3) is 3.96. The molecule has 3 rings (SSSR count). The average Bonchev–Trinajstić information content (AvgIpc) is 2.97. The summed E-state index contributed by atoms with van der Waals surface area (Å²) in [6.07, 6.45) is 0. The van der Waals surface area contributed by atoms with Gasteiger partial charge in [0.15, 0.2) is 0 Å². The van der Waals surface area contributed by atoms with Crippen molar-refractivity contribution in [1.29, 1.82) is 0 Å². The van der Waals surface area contributed by atoms with E-state index >= 15 is 0 Å². The smallest absolute Gasteiger partial charge is 0.242 e. The molecule has 1 heterocycles. The van der Waals surface area contributed by atoms with Crippen LogP contribution in [0.5, 0.6) is 0 Å². The maximum absolute atomic E-state index is 13.2. The van der Waals surface area contributed by atoms with Crippen LogP contribution in [-0.4, -0.2) is 22.9 Å². The Morgan fingerprint density at radius 2 is 2.04 bits per heavy atom. The van der Waals surface area contributed by atoms with Crippen LogP contribution < -0.4 is 10.2 Å². The van der Waals surface area contributed by atoms with Crippen molar-refractivity contribution in [3.63, 3.8) is 0 Å². The molecule has 1 aliphatic rings. The van der Waals surface area contributed by atoms with Gasteiger partial charge in [-0.05, 0) is 48.9 Å². The number of carbonyl (C=O) groups is 2. The fourth-order valence-corrected chi connectivity index (χ4v) is 3.78. The Hall–Kier alpha value is -2.05. The van der Waals surface area contributed by atoms with E-state index in [1.807, 2.05) is 18.2 Å². The number of alkyl halides is 1. The van der Waals surface area contributed by atoms with Crippen LogP contribution in [0.1, 0.15) is 17.9 Å². The number of nitrogens with zero attached hydrogens (tertiary/aromatic N) is 1. The molecule has 2 amide bonds. The van der Waals surface area contributed by atoms with E-state index in [1.165, 1.54) is 23.9 Å². The summed E-state index contributed by atoms with van der Waals surface area (Å²) in [5.74, 6) is -0.327. The molecular formula is C18H16ClFN2O2S. The van der Waals surface area contributed by atoms with Crippen LogP contribution in [0.2, 0.25) is 0 Å². The van der Waals surface area contributed by atoms with E-state index in [9.17, 15) is 14.0 Å². The molecule has 1 saturated heterocycles. The van der Waals surface area contributed by atoms with E-state index < -0.39 is 5.38 Å². The number of anilines is 2. The maximum Gasteiger partial charge on any atom is 0.242 e. The van der Waals surface area contributed by atoms with Gasteiger partial charge in [-0.3, -0.25) is 14.5 Å². The van der Waals surface area contributed by atoms with Crippen LogP contribution in [0.4, 0.5) is 15.8 Å². The van der Waals surface area contributed by atoms with Crippen molar-refractivity contribution < 1.29 is 14.0 Å². The Morgan fingerprint density at radius 3 is 2.72 bits per heavy atom. The van der Waals surface area contributed by atoms with E-state index in [0.29, 0.717) is 17.1 Å². The molecule has 0 saturated carbocycles. The van der Waals surface area contributed by atoms with E-state index in [2.05, 4.69) is 5.32 Å². The molecule has 1 fully saturated rings. The van der Waals surface area contributed by atoms with Gasteiger partial charge in [0.05, 0.1) is 5.75 Å². The number of hydrogen-bond acceptors (Lipinski definition) is 3. The predicted octanol–water partition coefficient (Wildman–Crippen LogP) is 4.17. The summed E-state index contributed by atoms with van der Waals surface area (Å²) in [6.45, 7) is 1.60. The first-order valence-electron chi connectivity index (χ1n) is 7.70. The molecule has 2 aromatic rings. The molecule has 0 radical (unpaired) electrons. The topological polar surface area (TPSA) is 49.4 Å². The van der Waals surface area contributed by atoms with Crippen LogP contribution in [0, 0.1) is 5.82 Å². The molecular weight excluding hydrogens is 363 g/mol. The van der Waals surface area contributed by atoms with Gasteiger partial charge < -0.3 is 5.32 Å². The van der Waals surface area contributed by atoms with Crippen LogP contribution in [0.3, 0.4) is 0 Å². The Labute approximate surface area is 154 Å². The van der Waals surface area contributed by atoms with Gasteiger partial charge in [-0.15, -0.1) is 23.4 Å². The number of amides is 2. The second-order valence-electron chi connectivity index (χ2n) is 5.63. The number of rotatable bonds is 4. The van der Waals surface area contributed by atoms with Gasteiger partial charge in [0.25, 0.3) is 0 Å². The minimum atomic E-state index is -0.637. The quantitative estimate of drug-likeness (QED) is 0.812. The van der Waals surface area contributed by atoms with Crippen molar-refractivity contribution in [2.24, 2.45) is 0 Å². The number of carbonyl (C=O) groups excluding carboxylic acids is 2. The van der Waals surface area contributed by atoms with E-state index in [-0.39, 0.29) is 23.0 Å². The number of hydrogen-bond donors (Lipinski definition) is 1. The highest BCUT2D eigenvalue weighted by Crippen LogP contribution is 2.42. The molecule has 2 unspecified atom stereocenters. The molecule has 1 N–H and O–H groups in total. The zero-order chi connectivity index (χ0) is 18.0. The van der Waals surface area contributed by atoms with E-state index in [4.69, 9.17) is 11.6 Å². The van der Waals surface area contributed by atoms with Gasteiger partial charge in [0.2, 0.25) is 11.8 Å². The van der Waals surface area contributed by atoms with Crippen molar-refractivity contribution in [3.05, 3.63) is 59.9 Å². The summed E-state index contributed by atoms with van der Waals surface area (Å²) in [7, 11) is 0. The summed E-state index contributed by atoms with van der Waals surface area (Å²) < 4.78 is 13.2. The molecule has 0 spiro atoms. The van der Waals surface area contributed by atoms with E-state index in [0.717, 1.165) is 5.56 Å². The molecule has 4 nitrogen and oxygen atoms in total. The van der Waals surface area contributed by atoms with Gasteiger partial charge in [-0.2, -0.15) is 0 Å². The third-order valence-electron chi connectivity index (χ3n) is 3.77. The van der Waals surface area contributed by atoms with Crippen molar-refractivity contribution in [2.45, 2.75) is 17.7 Å². The number of benzene rings is 2. The highest BCUT2D eigenvalue weighted by atomic mass is 35.5. The normalized spacial score (nSPS) is 18.3. The summed E-state index contributed by atoms with van der Waals surface area (Å²) in [5, 5.41) is 1.87. The summed E-state index contributed by atoms with van der Waals surface area (Å²) in [5.41, 5.74) is 2.14. The monoisotopic (exact) mass is 378 g/mol. The standard InChI is InChI=1S/C18H16ClFN2O2S/c1-11(19)17(24)21-14-4-2-3-12(9-14)18-22(16(23)10-25-18)15-7-5-13(20)6-8-15/h2-9,11,18H,10H2,1H3,(H,21,24). The van der Waals surface area contributed by atoms with Crippen LogP contribution in [0.15, 0.2) is 48.5 Å². The van der Waals surface area contributed by atoms with Gasteiger partial charge in [0.1, 0.15) is 16.6 Å². The Morgan fingerprint density at radius 1 is 1.32 bits per heavy atom. The first-order valence-corrected chi connectivity index (χ1v) is 9.18. The molecule has 130 valence electrons. The molecule has 7 heteroatoms. The van der Waals surface area contributed by atoms with Crippen molar-refractivity contribution >= 4 is 46.6 Å². The first-order chi connectivity index (χ1) is 12.0. The largest absolute Gasteiger partial charge is 0.325 e. The minimum Gasteiger partial charge on any atom is -0.325 e. The van der Waals surface area contributed by atoms with E-state index in [1.54, 1.807) is 30.0 Å². The number of nitrogens with one attached hydrogen (secondary N) is 1. The Kier molecular flexibility index (Phi) is 5.30. The summed E-state index contributed by atoms with van der Waals surface area (Å²) in [4.78, 5) is 25.7. The molecule has 1 aliphatic heterocycles. The Balaban J connectivity index is 1.88. The minimum absolute atomic E-state index is 0.0366. The second kappa shape index (κ2) is 7.45. The number of thioether (sulfide) groups is 1. The lowest BCUT2D eigenvalue weighted by Crippen LogP contribution is -2.28. The fourth-order valence-electron chi connectivity index (χ4n) is 2.56. The molecule has 2 aromatic carbocycles. The van der Waals surface area contributed by atoms with Crippen LogP contribution >= 0.6 is 23.4 Å². The summed E-state index contributed by atoms with van der Waals surface area (Å²) in [6, 6.07) is 13.2. The molecule has 0 aromatic heterocycles. The highest BCUT2D eigenvalue weighted by Gasteiger charge is 2.34. The molecule has 25 heavy (non-hydrogen) atoms. The first kappa shape index (κ1) is 17.8. The van der Waals surface area contributed by atoms with Crippen LogP contribution in [0.25, 0.3) is 0 Å². The second-order valence-corrected chi connectivity index (χ2v) is 7.36. The maximum atomic E-state index is 13.2. The lowest BCUT2D eigenvalue weighted by Gasteiger charge is -2.24. The number of halogens is 2. The van der Waals surface area contributed by atoms with Gasteiger partial charge in [-0.1, -0.05) is 12.1 Å². The van der Waals surface area contributed by atoms with Gasteiger partial charge >= 0.3 is 0 Å². The zero-order valence-electron chi connectivity index (χ0n) is 13.4. The SMILES string of the molecule is CC(Cl)C(=O)Nc1cccc(C2SCC(=O)N2c2ccc(F)cc2)c1. The van der Waals surface area contributed by atoms with Crippen LogP contribution in [-0.2, 0) is 9.59 Å². The van der Waals surface area contributed by atoms with Crippen molar-refractivity contribution in [2.75, 3.05) is 16.0 Å².